The number of aryl methyl sites for hydroxylation is 1. The molecule has 3 aromatic rings. The number of rotatable bonds is 5. The summed E-state index contributed by atoms with van der Waals surface area (Å²) in [5.41, 5.74) is 3.30. The van der Waals surface area contributed by atoms with Gasteiger partial charge in [-0.3, -0.25) is 19.3 Å². The molecule has 0 aliphatic carbocycles. The molecule has 1 fully saturated rings. The lowest BCUT2D eigenvalue weighted by Crippen LogP contribution is -2.56. The predicted octanol–water partition coefficient (Wildman–Crippen LogP) is 3.30. The van der Waals surface area contributed by atoms with Gasteiger partial charge in [-0.05, 0) is 43.5 Å². The molecule has 0 spiro atoms. The number of hydrogen-bond donors (Lipinski definition) is 0. The highest BCUT2D eigenvalue weighted by Gasteiger charge is 2.44. The summed E-state index contributed by atoms with van der Waals surface area (Å²) in [4.78, 5) is 54.5. The summed E-state index contributed by atoms with van der Waals surface area (Å²) in [7, 11) is 0. The van der Waals surface area contributed by atoms with Crippen molar-refractivity contribution in [2.75, 3.05) is 31.1 Å². The maximum atomic E-state index is 13.7. The Morgan fingerprint density at radius 3 is 1.97 bits per heavy atom. The van der Waals surface area contributed by atoms with Crippen LogP contribution in [-0.4, -0.2) is 69.7 Å². The summed E-state index contributed by atoms with van der Waals surface area (Å²) in [6.07, 6.45) is 0.430. The van der Waals surface area contributed by atoms with Crippen molar-refractivity contribution in [2.45, 2.75) is 33.2 Å². The number of fused-ring (bicyclic) bond motifs is 2. The number of benzene rings is 2. The number of piperazine rings is 1. The maximum Gasteiger partial charge on any atom is 0.262 e. The molecule has 1 saturated heterocycles. The Labute approximate surface area is 204 Å². The first-order valence-electron chi connectivity index (χ1n) is 12.1. The lowest BCUT2D eigenvalue weighted by atomic mass is 10.0. The number of aromatic nitrogens is 2. The quantitative estimate of drug-likeness (QED) is 0.531. The number of carbonyl (C=O) groups excluding carboxylic acids is 3. The van der Waals surface area contributed by atoms with E-state index in [1.54, 1.807) is 29.2 Å². The van der Waals surface area contributed by atoms with E-state index in [2.05, 4.69) is 9.88 Å². The molecule has 180 valence electrons. The van der Waals surface area contributed by atoms with Gasteiger partial charge < -0.3 is 9.80 Å². The molecule has 8 heteroatoms. The molecular weight excluding hydrogens is 442 g/mol. The van der Waals surface area contributed by atoms with Gasteiger partial charge in [-0.2, -0.15) is 0 Å². The van der Waals surface area contributed by atoms with Crippen LogP contribution in [0.25, 0.3) is 11.0 Å². The minimum atomic E-state index is -0.809. The third kappa shape index (κ3) is 4.13. The number of imide groups is 1. The number of anilines is 1. The molecule has 2 aliphatic heterocycles. The fourth-order valence-corrected chi connectivity index (χ4v) is 4.98. The molecule has 0 N–H and O–H groups in total. The van der Waals surface area contributed by atoms with Crippen molar-refractivity contribution in [3.8, 4) is 0 Å². The Morgan fingerprint density at radius 2 is 1.40 bits per heavy atom. The van der Waals surface area contributed by atoms with Gasteiger partial charge in [0.15, 0.2) is 5.82 Å². The molecule has 0 saturated carbocycles. The van der Waals surface area contributed by atoms with Crippen LogP contribution in [0, 0.1) is 12.8 Å². The van der Waals surface area contributed by atoms with Crippen LogP contribution in [0.15, 0.2) is 48.5 Å². The van der Waals surface area contributed by atoms with Crippen LogP contribution in [0.3, 0.4) is 0 Å². The predicted molar refractivity (Wildman–Crippen MR) is 133 cm³/mol. The topological polar surface area (TPSA) is 86.7 Å². The number of nitrogens with zero attached hydrogens (tertiary/aromatic N) is 5. The first-order chi connectivity index (χ1) is 16.8. The molecule has 3 heterocycles. The van der Waals surface area contributed by atoms with Crippen molar-refractivity contribution in [1.82, 2.24) is 19.8 Å². The van der Waals surface area contributed by atoms with Gasteiger partial charge in [0.2, 0.25) is 5.91 Å². The molecule has 8 nitrogen and oxygen atoms in total. The lowest BCUT2D eigenvalue weighted by Gasteiger charge is -2.39. The van der Waals surface area contributed by atoms with Crippen LogP contribution in [0.2, 0.25) is 0 Å². The number of amides is 3. The van der Waals surface area contributed by atoms with Crippen LogP contribution in [-0.2, 0) is 4.79 Å². The van der Waals surface area contributed by atoms with Gasteiger partial charge in [0.1, 0.15) is 6.04 Å². The van der Waals surface area contributed by atoms with E-state index < -0.39 is 6.04 Å². The fourth-order valence-electron chi connectivity index (χ4n) is 4.98. The van der Waals surface area contributed by atoms with Crippen LogP contribution in [0.4, 0.5) is 5.82 Å². The Hall–Kier alpha value is -3.81. The van der Waals surface area contributed by atoms with Gasteiger partial charge in [-0.1, -0.05) is 38.1 Å². The fraction of sp³-hybridized carbons (Fsp3) is 0.370. The van der Waals surface area contributed by atoms with E-state index in [0.29, 0.717) is 43.7 Å². The van der Waals surface area contributed by atoms with Crippen molar-refractivity contribution in [3.05, 3.63) is 65.4 Å². The SMILES string of the molecule is Cc1nc2ccccc2nc1N1CCN(C(=O)C(CC(C)C)N2C(=O)c3ccccc3C2=O)CC1. The Morgan fingerprint density at radius 1 is 0.857 bits per heavy atom. The molecule has 3 amide bonds. The first kappa shape index (κ1) is 23.0. The largest absolute Gasteiger partial charge is 0.352 e. The van der Waals surface area contributed by atoms with Crippen LogP contribution >= 0.6 is 0 Å². The molecule has 2 aliphatic rings. The van der Waals surface area contributed by atoms with E-state index in [1.807, 2.05) is 45.0 Å². The van der Waals surface area contributed by atoms with Crippen LogP contribution < -0.4 is 4.90 Å². The zero-order valence-electron chi connectivity index (χ0n) is 20.3. The molecule has 5 rings (SSSR count). The summed E-state index contributed by atoms with van der Waals surface area (Å²) >= 11 is 0. The summed E-state index contributed by atoms with van der Waals surface area (Å²) in [6.45, 7) is 8.14. The number of para-hydroxylation sites is 2. The van der Waals surface area contributed by atoms with Crippen molar-refractivity contribution < 1.29 is 14.4 Å². The zero-order chi connectivity index (χ0) is 24.7. The third-order valence-electron chi connectivity index (χ3n) is 6.73. The van der Waals surface area contributed by atoms with E-state index >= 15 is 0 Å². The molecule has 1 aromatic heterocycles. The van der Waals surface area contributed by atoms with Crippen molar-refractivity contribution in [3.63, 3.8) is 0 Å². The van der Waals surface area contributed by atoms with Gasteiger partial charge in [0.05, 0.1) is 27.9 Å². The molecule has 1 atom stereocenters. The highest BCUT2D eigenvalue weighted by atomic mass is 16.2. The highest BCUT2D eigenvalue weighted by molar-refractivity contribution is 6.22. The van der Waals surface area contributed by atoms with Gasteiger partial charge in [-0.25, -0.2) is 9.97 Å². The first-order valence-corrected chi connectivity index (χ1v) is 12.1. The second-order valence-corrected chi connectivity index (χ2v) is 9.60. The second-order valence-electron chi connectivity index (χ2n) is 9.60. The maximum absolute atomic E-state index is 13.7. The normalized spacial score (nSPS) is 16.9. The Kier molecular flexibility index (Phi) is 5.96. The molecule has 2 aromatic carbocycles. The van der Waals surface area contributed by atoms with Gasteiger partial charge in [0, 0.05) is 26.2 Å². The number of hydrogen-bond acceptors (Lipinski definition) is 6. The molecule has 0 bridgehead atoms. The van der Waals surface area contributed by atoms with E-state index in [1.165, 1.54) is 4.90 Å². The average molecular weight is 472 g/mol. The summed E-state index contributed by atoms with van der Waals surface area (Å²) in [5.74, 6) is 0.0322. The van der Waals surface area contributed by atoms with Crippen LogP contribution in [0.5, 0.6) is 0 Å². The molecule has 0 radical (unpaired) electrons. The lowest BCUT2D eigenvalue weighted by molar-refractivity contribution is -0.136. The van der Waals surface area contributed by atoms with Crippen molar-refractivity contribution in [1.29, 1.82) is 0 Å². The average Bonchev–Trinajstić information content (AvgIpc) is 3.11. The standard InChI is InChI=1S/C27H29N5O3/c1-17(2)16-23(32-25(33)19-8-4-5-9-20(19)26(32)34)27(35)31-14-12-30(13-15-31)24-18(3)28-21-10-6-7-11-22(21)29-24/h4-11,17,23H,12-16H2,1-3H3. The van der Waals surface area contributed by atoms with E-state index in [9.17, 15) is 14.4 Å². The third-order valence-corrected chi connectivity index (χ3v) is 6.73. The zero-order valence-corrected chi connectivity index (χ0v) is 20.3. The minimum absolute atomic E-state index is 0.144. The summed E-state index contributed by atoms with van der Waals surface area (Å²) in [6, 6.07) is 13.8. The van der Waals surface area contributed by atoms with Crippen LogP contribution in [0.1, 0.15) is 46.7 Å². The highest BCUT2D eigenvalue weighted by Crippen LogP contribution is 2.28. The smallest absolute Gasteiger partial charge is 0.262 e. The van der Waals surface area contributed by atoms with Crippen molar-refractivity contribution in [2.24, 2.45) is 5.92 Å². The summed E-state index contributed by atoms with van der Waals surface area (Å²) in [5, 5.41) is 0. The molecular formula is C27H29N5O3. The minimum Gasteiger partial charge on any atom is -0.352 e. The van der Waals surface area contributed by atoms with E-state index in [4.69, 9.17) is 4.98 Å². The Bertz CT molecular complexity index is 1280. The second kappa shape index (κ2) is 9.09. The van der Waals surface area contributed by atoms with Gasteiger partial charge in [0.25, 0.3) is 11.8 Å². The summed E-state index contributed by atoms with van der Waals surface area (Å²) < 4.78 is 0. The van der Waals surface area contributed by atoms with Gasteiger partial charge >= 0.3 is 0 Å². The Balaban J connectivity index is 1.34. The molecule has 1 unspecified atom stereocenters. The molecule has 35 heavy (non-hydrogen) atoms. The van der Waals surface area contributed by atoms with Gasteiger partial charge in [-0.15, -0.1) is 0 Å². The van der Waals surface area contributed by atoms with E-state index in [0.717, 1.165) is 22.5 Å². The van der Waals surface area contributed by atoms with E-state index in [-0.39, 0.29) is 23.6 Å². The number of carbonyl (C=O) groups is 3. The monoisotopic (exact) mass is 471 g/mol. The van der Waals surface area contributed by atoms with Crippen molar-refractivity contribution >= 4 is 34.6 Å².